The van der Waals surface area contributed by atoms with Crippen molar-refractivity contribution in [3.05, 3.63) is 32.5 Å². The molecule has 74 valence electrons. The summed E-state index contributed by atoms with van der Waals surface area (Å²) >= 11 is 2.89. The lowest BCUT2D eigenvalue weighted by Crippen LogP contribution is -2.30. The Bertz CT molecular complexity index is 395. The first-order valence-corrected chi connectivity index (χ1v) is 4.16. The molecule has 3 N–H and O–H groups in total. The van der Waals surface area contributed by atoms with Gasteiger partial charge in [0.05, 0.1) is 10.5 Å². The van der Waals surface area contributed by atoms with Gasteiger partial charge in [0, 0.05) is 12.3 Å². The Kier molecular flexibility index (Phi) is 3.10. The first-order valence-electron chi connectivity index (χ1n) is 3.37. The number of nitrogens with zero attached hydrogens (tertiary/aromatic N) is 2. The minimum absolute atomic E-state index is 0.0300. The molecule has 8 heteroatoms. The first kappa shape index (κ1) is 10.5. The molecular weight excluding hydrogens is 256 g/mol. The van der Waals surface area contributed by atoms with Crippen LogP contribution >= 0.6 is 15.9 Å². The molecule has 1 heterocycles. The van der Waals surface area contributed by atoms with E-state index in [1.54, 1.807) is 0 Å². The number of hydrazine groups is 1. The maximum absolute atomic E-state index is 11.0. The Balaban J connectivity index is 3.19. The Morgan fingerprint density at radius 1 is 1.71 bits per heavy atom. The zero-order valence-corrected chi connectivity index (χ0v) is 8.32. The zero-order chi connectivity index (χ0) is 10.7. The van der Waals surface area contributed by atoms with Crippen LogP contribution in [-0.2, 0) is 0 Å². The van der Waals surface area contributed by atoms with Gasteiger partial charge < -0.3 is 0 Å². The number of nitrogen functional groups attached to an aromatic ring is 1. The molecule has 1 rings (SSSR count). The van der Waals surface area contributed by atoms with E-state index >= 15 is 0 Å². The van der Waals surface area contributed by atoms with Crippen molar-refractivity contribution in [3.63, 3.8) is 0 Å². The number of hydrogen-bond donors (Lipinski definition) is 2. The average molecular weight is 261 g/mol. The van der Waals surface area contributed by atoms with Gasteiger partial charge in [0.2, 0.25) is 0 Å². The van der Waals surface area contributed by atoms with E-state index in [0.717, 1.165) is 6.07 Å². The van der Waals surface area contributed by atoms with Gasteiger partial charge in [-0.3, -0.25) is 20.3 Å². The van der Waals surface area contributed by atoms with Gasteiger partial charge in [-0.25, -0.2) is 10.8 Å². The smallest absolute Gasteiger partial charge is 0.290 e. The van der Waals surface area contributed by atoms with Crippen LogP contribution in [0.2, 0.25) is 0 Å². The molecule has 0 radical (unpaired) electrons. The number of aromatic nitrogens is 1. The summed E-state index contributed by atoms with van der Waals surface area (Å²) in [4.78, 5) is 24.4. The van der Waals surface area contributed by atoms with Gasteiger partial charge in [-0.2, -0.15) is 0 Å². The lowest BCUT2D eigenvalue weighted by atomic mass is 10.2. The van der Waals surface area contributed by atoms with Gasteiger partial charge >= 0.3 is 5.69 Å². The number of hydrogen-bond acceptors (Lipinski definition) is 5. The van der Waals surface area contributed by atoms with Gasteiger partial charge in [0.15, 0.2) is 4.60 Å². The van der Waals surface area contributed by atoms with Gasteiger partial charge in [-0.05, 0) is 15.9 Å². The second-order valence-electron chi connectivity index (χ2n) is 2.26. The van der Waals surface area contributed by atoms with Crippen LogP contribution in [0.15, 0.2) is 16.9 Å². The monoisotopic (exact) mass is 260 g/mol. The third-order valence-corrected chi connectivity index (χ3v) is 2.02. The minimum Gasteiger partial charge on any atom is -0.290 e. The summed E-state index contributed by atoms with van der Waals surface area (Å²) in [5.41, 5.74) is 1.59. The maximum atomic E-state index is 11.0. The van der Waals surface area contributed by atoms with Gasteiger partial charge in [-0.15, -0.1) is 0 Å². The second-order valence-corrected chi connectivity index (χ2v) is 3.02. The Labute approximate surface area is 86.6 Å². The van der Waals surface area contributed by atoms with Crippen molar-refractivity contribution in [2.24, 2.45) is 5.84 Å². The Hall–Kier alpha value is -1.54. The summed E-state index contributed by atoms with van der Waals surface area (Å²) in [5.74, 6) is 4.23. The van der Waals surface area contributed by atoms with E-state index in [1.807, 2.05) is 5.43 Å². The van der Waals surface area contributed by atoms with E-state index in [0.29, 0.717) is 0 Å². The predicted molar refractivity (Wildman–Crippen MR) is 50.2 cm³/mol. The number of pyridine rings is 1. The van der Waals surface area contributed by atoms with Crippen LogP contribution in [-0.4, -0.2) is 15.8 Å². The zero-order valence-electron chi connectivity index (χ0n) is 6.73. The fourth-order valence-corrected chi connectivity index (χ4v) is 1.13. The first-order chi connectivity index (χ1) is 6.56. The van der Waals surface area contributed by atoms with Crippen molar-refractivity contribution < 1.29 is 9.72 Å². The average Bonchev–Trinajstić information content (AvgIpc) is 2.17. The van der Waals surface area contributed by atoms with Crippen LogP contribution in [0, 0.1) is 10.1 Å². The molecule has 0 aliphatic rings. The molecule has 1 amide bonds. The van der Waals surface area contributed by atoms with Crippen molar-refractivity contribution in [2.45, 2.75) is 0 Å². The fourth-order valence-electron chi connectivity index (χ4n) is 0.772. The SMILES string of the molecule is NNC(=O)c1cnc(Br)c([N+](=O)[O-])c1. The van der Waals surface area contributed by atoms with Gasteiger partial charge in [0.1, 0.15) is 0 Å². The van der Waals surface area contributed by atoms with Gasteiger partial charge in [0.25, 0.3) is 5.91 Å². The van der Waals surface area contributed by atoms with Crippen LogP contribution in [0.4, 0.5) is 5.69 Å². The summed E-state index contributed by atoms with van der Waals surface area (Å²) in [5, 5.41) is 10.5. The van der Waals surface area contributed by atoms with Crippen LogP contribution in [0.5, 0.6) is 0 Å². The number of nitrogens with two attached hydrogens (primary N) is 1. The number of rotatable bonds is 2. The molecule has 14 heavy (non-hydrogen) atoms. The highest BCUT2D eigenvalue weighted by atomic mass is 79.9. The molecule has 0 aliphatic heterocycles. The lowest BCUT2D eigenvalue weighted by Gasteiger charge is -1.99. The van der Waals surface area contributed by atoms with Crippen LogP contribution in [0.25, 0.3) is 0 Å². The van der Waals surface area contributed by atoms with E-state index in [-0.39, 0.29) is 15.9 Å². The molecule has 0 saturated carbocycles. The molecule has 0 fully saturated rings. The molecule has 0 aliphatic carbocycles. The summed E-state index contributed by atoms with van der Waals surface area (Å²) in [7, 11) is 0. The third-order valence-electron chi connectivity index (χ3n) is 1.41. The summed E-state index contributed by atoms with van der Waals surface area (Å²) in [6.45, 7) is 0. The highest BCUT2D eigenvalue weighted by molar-refractivity contribution is 9.10. The molecule has 7 nitrogen and oxygen atoms in total. The minimum atomic E-state index is -0.648. The summed E-state index contributed by atoms with van der Waals surface area (Å²) < 4.78 is 0.0658. The van der Waals surface area contributed by atoms with Crippen LogP contribution in [0.1, 0.15) is 10.4 Å². The van der Waals surface area contributed by atoms with Gasteiger partial charge in [-0.1, -0.05) is 0 Å². The molecule has 0 aromatic carbocycles. The topological polar surface area (TPSA) is 111 Å². The Morgan fingerprint density at radius 2 is 2.36 bits per heavy atom. The standard InChI is InChI=1S/C6H5BrN4O3/c7-5-4(11(13)14)1-3(2-9-5)6(12)10-8/h1-2H,8H2,(H,10,12). The molecule has 0 saturated heterocycles. The third kappa shape index (κ3) is 2.03. The van der Waals surface area contributed by atoms with Crippen molar-refractivity contribution in [3.8, 4) is 0 Å². The molecule has 1 aromatic rings. The molecular formula is C6H5BrN4O3. The molecule has 0 bridgehead atoms. The molecule has 0 atom stereocenters. The van der Waals surface area contributed by atoms with E-state index in [1.165, 1.54) is 6.20 Å². The number of halogens is 1. The van der Waals surface area contributed by atoms with Crippen molar-refractivity contribution >= 4 is 27.5 Å². The highest BCUT2D eigenvalue weighted by Gasteiger charge is 2.16. The quantitative estimate of drug-likeness (QED) is 0.262. The van der Waals surface area contributed by atoms with E-state index in [4.69, 9.17) is 5.84 Å². The number of carbonyl (C=O) groups excluding carboxylic acids is 1. The maximum Gasteiger partial charge on any atom is 0.302 e. The predicted octanol–water partition coefficient (Wildman–Crippen LogP) is 0.356. The summed E-state index contributed by atoms with van der Waals surface area (Å²) in [6.07, 6.45) is 1.18. The van der Waals surface area contributed by atoms with Crippen molar-refractivity contribution in [2.75, 3.05) is 0 Å². The number of amides is 1. The van der Waals surface area contributed by atoms with E-state index in [9.17, 15) is 14.9 Å². The highest BCUT2D eigenvalue weighted by Crippen LogP contribution is 2.22. The van der Waals surface area contributed by atoms with E-state index in [2.05, 4.69) is 20.9 Å². The molecule has 0 unspecified atom stereocenters. The normalized spacial score (nSPS) is 9.57. The van der Waals surface area contributed by atoms with Crippen molar-refractivity contribution in [1.82, 2.24) is 10.4 Å². The number of nitrogens with one attached hydrogen (secondary N) is 1. The molecule has 1 aromatic heterocycles. The summed E-state index contributed by atoms with van der Waals surface area (Å²) in [6, 6.07) is 1.08. The van der Waals surface area contributed by atoms with Crippen molar-refractivity contribution in [1.29, 1.82) is 0 Å². The van der Waals surface area contributed by atoms with E-state index < -0.39 is 10.8 Å². The number of nitro groups is 1. The van der Waals surface area contributed by atoms with Crippen LogP contribution < -0.4 is 11.3 Å². The fraction of sp³-hybridized carbons (Fsp3) is 0. The number of carbonyl (C=O) groups is 1. The Morgan fingerprint density at radius 3 is 2.86 bits per heavy atom. The second kappa shape index (κ2) is 4.11. The molecule has 0 spiro atoms. The van der Waals surface area contributed by atoms with Crippen LogP contribution in [0.3, 0.4) is 0 Å². The largest absolute Gasteiger partial charge is 0.302 e. The lowest BCUT2D eigenvalue weighted by molar-refractivity contribution is -0.386.